The van der Waals surface area contributed by atoms with Crippen LogP contribution in [0.1, 0.15) is 17.3 Å². The SMILES string of the molecule is COc1ncccc1C(=O)NC(C)C(=O)O. The molecule has 0 radical (unpaired) electrons. The first-order valence-electron chi connectivity index (χ1n) is 4.59. The molecule has 2 N–H and O–H groups in total. The van der Waals surface area contributed by atoms with Gasteiger partial charge in [0.05, 0.1) is 7.11 Å². The van der Waals surface area contributed by atoms with Gasteiger partial charge in [-0.05, 0) is 19.1 Å². The number of hydrogen-bond donors (Lipinski definition) is 2. The van der Waals surface area contributed by atoms with Crippen LogP contribution in [-0.2, 0) is 4.79 Å². The smallest absolute Gasteiger partial charge is 0.325 e. The Morgan fingerprint density at radius 1 is 1.56 bits per heavy atom. The number of nitrogens with one attached hydrogen (secondary N) is 1. The molecule has 0 saturated carbocycles. The summed E-state index contributed by atoms with van der Waals surface area (Å²) in [6.07, 6.45) is 1.48. The first-order valence-corrected chi connectivity index (χ1v) is 4.59. The van der Waals surface area contributed by atoms with E-state index in [2.05, 4.69) is 10.3 Å². The lowest BCUT2D eigenvalue weighted by molar-refractivity contribution is -0.138. The number of pyridine rings is 1. The molecule has 0 saturated heterocycles. The number of carbonyl (C=O) groups is 2. The molecule has 1 unspecified atom stereocenters. The van der Waals surface area contributed by atoms with Crippen molar-refractivity contribution >= 4 is 11.9 Å². The maximum Gasteiger partial charge on any atom is 0.325 e. The average Bonchev–Trinajstić information content (AvgIpc) is 2.28. The topological polar surface area (TPSA) is 88.5 Å². The van der Waals surface area contributed by atoms with Gasteiger partial charge in [0.1, 0.15) is 11.6 Å². The van der Waals surface area contributed by atoms with E-state index in [0.717, 1.165) is 0 Å². The molecule has 0 spiro atoms. The van der Waals surface area contributed by atoms with Crippen molar-refractivity contribution in [3.05, 3.63) is 23.9 Å². The monoisotopic (exact) mass is 224 g/mol. The zero-order chi connectivity index (χ0) is 12.1. The van der Waals surface area contributed by atoms with Crippen LogP contribution in [0.5, 0.6) is 5.88 Å². The second kappa shape index (κ2) is 5.11. The summed E-state index contributed by atoms with van der Waals surface area (Å²) in [5.74, 6) is -1.46. The minimum absolute atomic E-state index is 0.164. The van der Waals surface area contributed by atoms with Crippen molar-refractivity contribution in [2.45, 2.75) is 13.0 Å². The van der Waals surface area contributed by atoms with Gasteiger partial charge in [0.25, 0.3) is 5.91 Å². The first-order chi connectivity index (χ1) is 7.56. The Morgan fingerprint density at radius 2 is 2.25 bits per heavy atom. The number of rotatable bonds is 4. The molecule has 6 heteroatoms. The van der Waals surface area contributed by atoms with E-state index in [9.17, 15) is 9.59 Å². The first kappa shape index (κ1) is 12.0. The van der Waals surface area contributed by atoms with Crippen molar-refractivity contribution in [1.82, 2.24) is 10.3 Å². The molecular formula is C10H12N2O4. The third-order valence-electron chi connectivity index (χ3n) is 1.93. The maximum atomic E-state index is 11.6. The molecule has 1 aromatic heterocycles. The Bertz CT molecular complexity index is 406. The van der Waals surface area contributed by atoms with Gasteiger partial charge in [-0.3, -0.25) is 9.59 Å². The lowest BCUT2D eigenvalue weighted by atomic mass is 10.2. The minimum atomic E-state index is -1.10. The van der Waals surface area contributed by atoms with Crippen molar-refractivity contribution in [3.63, 3.8) is 0 Å². The van der Waals surface area contributed by atoms with Crippen LogP contribution in [-0.4, -0.2) is 35.1 Å². The van der Waals surface area contributed by atoms with Crippen molar-refractivity contribution in [2.75, 3.05) is 7.11 Å². The van der Waals surface area contributed by atoms with Crippen LogP contribution in [0, 0.1) is 0 Å². The van der Waals surface area contributed by atoms with E-state index in [1.54, 1.807) is 6.07 Å². The molecule has 86 valence electrons. The largest absolute Gasteiger partial charge is 0.480 e. The number of amides is 1. The van der Waals surface area contributed by atoms with E-state index < -0.39 is 17.9 Å². The van der Waals surface area contributed by atoms with Crippen LogP contribution in [0.2, 0.25) is 0 Å². The number of ether oxygens (including phenoxy) is 1. The highest BCUT2D eigenvalue weighted by atomic mass is 16.5. The van der Waals surface area contributed by atoms with Gasteiger partial charge in [0.2, 0.25) is 5.88 Å². The standard InChI is InChI=1S/C10H12N2O4/c1-6(10(14)15)12-8(13)7-4-3-5-11-9(7)16-2/h3-6H,1-2H3,(H,12,13)(H,14,15). The Morgan fingerprint density at radius 3 is 2.81 bits per heavy atom. The summed E-state index contributed by atoms with van der Waals surface area (Å²) in [5.41, 5.74) is 0.207. The molecule has 1 heterocycles. The van der Waals surface area contributed by atoms with E-state index in [1.807, 2.05) is 0 Å². The molecule has 1 atom stereocenters. The summed E-state index contributed by atoms with van der Waals surface area (Å²) >= 11 is 0. The Kier molecular flexibility index (Phi) is 3.82. The zero-order valence-corrected chi connectivity index (χ0v) is 8.93. The van der Waals surface area contributed by atoms with Gasteiger partial charge in [-0.25, -0.2) is 4.98 Å². The fourth-order valence-corrected chi connectivity index (χ4v) is 1.06. The lowest BCUT2D eigenvalue weighted by Crippen LogP contribution is -2.38. The molecule has 1 aromatic rings. The molecule has 1 rings (SSSR count). The lowest BCUT2D eigenvalue weighted by Gasteiger charge is -2.10. The van der Waals surface area contributed by atoms with Gasteiger partial charge in [0, 0.05) is 6.20 Å². The van der Waals surface area contributed by atoms with Gasteiger partial charge < -0.3 is 15.2 Å². The quantitative estimate of drug-likeness (QED) is 0.767. The fourth-order valence-electron chi connectivity index (χ4n) is 1.06. The van der Waals surface area contributed by atoms with Crippen LogP contribution in [0.25, 0.3) is 0 Å². The molecule has 0 aliphatic carbocycles. The summed E-state index contributed by atoms with van der Waals surface area (Å²) in [5, 5.41) is 11.0. The molecule has 1 amide bonds. The predicted octanol–water partition coefficient (Wildman–Crippen LogP) is 0.293. The maximum absolute atomic E-state index is 11.6. The number of hydrogen-bond acceptors (Lipinski definition) is 4. The normalized spacial score (nSPS) is 11.6. The molecule has 0 aliphatic rings. The molecular weight excluding hydrogens is 212 g/mol. The number of carbonyl (C=O) groups excluding carboxylic acids is 1. The van der Waals surface area contributed by atoms with Crippen molar-refractivity contribution in [3.8, 4) is 5.88 Å². The van der Waals surface area contributed by atoms with Crippen LogP contribution < -0.4 is 10.1 Å². The van der Waals surface area contributed by atoms with E-state index in [1.165, 1.54) is 26.3 Å². The highest BCUT2D eigenvalue weighted by Crippen LogP contribution is 2.13. The van der Waals surface area contributed by atoms with Gasteiger partial charge >= 0.3 is 5.97 Å². The number of aliphatic carboxylic acids is 1. The predicted molar refractivity (Wildman–Crippen MR) is 55.4 cm³/mol. The number of carboxylic acids is 1. The average molecular weight is 224 g/mol. The summed E-state index contributed by atoms with van der Waals surface area (Å²) in [7, 11) is 1.39. The molecule has 0 aromatic carbocycles. The van der Waals surface area contributed by atoms with E-state index >= 15 is 0 Å². The minimum Gasteiger partial charge on any atom is -0.480 e. The Hall–Kier alpha value is -2.11. The summed E-state index contributed by atoms with van der Waals surface area (Å²) in [4.78, 5) is 26.0. The van der Waals surface area contributed by atoms with E-state index in [0.29, 0.717) is 0 Å². The second-order valence-corrected chi connectivity index (χ2v) is 3.09. The molecule has 6 nitrogen and oxygen atoms in total. The fraction of sp³-hybridized carbons (Fsp3) is 0.300. The van der Waals surface area contributed by atoms with Gasteiger partial charge in [-0.1, -0.05) is 0 Å². The van der Waals surface area contributed by atoms with Crippen LogP contribution >= 0.6 is 0 Å². The number of carboxylic acid groups (broad SMARTS) is 1. The van der Waals surface area contributed by atoms with E-state index in [4.69, 9.17) is 9.84 Å². The van der Waals surface area contributed by atoms with Crippen LogP contribution in [0.4, 0.5) is 0 Å². The second-order valence-electron chi connectivity index (χ2n) is 3.09. The van der Waals surface area contributed by atoms with E-state index in [-0.39, 0.29) is 11.4 Å². The number of methoxy groups -OCH3 is 1. The Labute approximate surface area is 92.3 Å². The van der Waals surface area contributed by atoms with Crippen molar-refractivity contribution < 1.29 is 19.4 Å². The summed E-state index contributed by atoms with van der Waals surface area (Å²) in [6, 6.07) is 2.12. The van der Waals surface area contributed by atoms with Crippen molar-refractivity contribution in [1.29, 1.82) is 0 Å². The highest BCUT2D eigenvalue weighted by molar-refractivity contribution is 5.98. The molecule has 0 fully saturated rings. The number of aromatic nitrogens is 1. The zero-order valence-electron chi connectivity index (χ0n) is 8.93. The third-order valence-corrected chi connectivity index (χ3v) is 1.93. The third kappa shape index (κ3) is 2.69. The summed E-state index contributed by atoms with van der Waals surface area (Å²) < 4.78 is 4.89. The number of nitrogens with zero attached hydrogens (tertiary/aromatic N) is 1. The molecule has 0 bridgehead atoms. The van der Waals surface area contributed by atoms with Crippen molar-refractivity contribution in [2.24, 2.45) is 0 Å². The molecule has 0 aliphatic heterocycles. The van der Waals surface area contributed by atoms with Gasteiger partial charge in [0.15, 0.2) is 0 Å². The van der Waals surface area contributed by atoms with Gasteiger partial charge in [-0.2, -0.15) is 0 Å². The molecule has 16 heavy (non-hydrogen) atoms. The van der Waals surface area contributed by atoms with Crippen LogP contribution in [0.15, 0.2) is 18.3 Å². The Balaban J connectivity index is 2.84. The highest BCUT2D eigenvalue weighted by Gasteiger charge is 2.18. The van der Waals surface area contributed by atoms with Crippen LogP contribution in [0.3, 0.4) is 0 Å². The van der Waals surface area contributed by atoms with Gasteiger partial charge in [-0.15, -0.1) is 0 Å². The summed E-state index contributed by atoms with van der Waals surface area (Å²) in [6.45, 7) is 1.38.